The lowest BCUT2D eigenvalue weighted by Crippen LogP contribution is -2.44. The molecule has 1 aromatic carbocycles. The molecule has 1 atom stereocenters. The third-order valence-electron chi connectivity index (χ3n) is 6.24. The van der Waals surface area contributed by atoms with Crippen LogP contribution < -0.4 is 10.7 Å². The van der Waals surface area contributed by atoms with Crippen LogP contribution >= 0.6 is 0 Å². The van der Waals surface area contributed by atoms with Crippen molar-refractivity contribution >= 4 is 11.8 Å². The van der Waals surface area contributed by atoms with Crippen molar-refractivity contribution in [2.24, 2.45) is 7.05 Å². The van der Waals surface area contributed by atoms with Crippen LogP contribution in [0.25, 0.3) is 0 Å². The van der Waals surface area contributed by atoms with Gasteiger partial charge in [0.2, 0.25) is 5.43 Å². The third-order valence-corrected chi connectivity index (χ3v) is 6.24. The summed E-state index contributed by atoms with van der Waals surface area (Å²) in [5.74, 6) is -5.96. The van der Waals surface area contributed by atoms with Gasteiger partial charge in [-0.2, -0.15) is 5.10 Å². The van der Waals surface area contributed by atoms with Crippen LogP contribution in [-0.2, 0) is 26.6 Å². The lowest BCUT2D eigenvalue weighted by Gasteiger charge is -2.34. The molecule has 34 heavy (non-hydrogen) atoms. The molecule has 0 aliphatic carbocycles. The van der Waals surface area contributed by atoms with Gasteiger partial charge in [-0.3, -0.25) is 19.1 Å². The number of aryl methyl sites for hydroxylation is 1. The van der Waals surface area contributed by atoms with Crippen molar-refractivity contribution in [3.05, 3.63) is 80.3 Å². The van der Waals surface area contributed by atoms with E-state index in [2.05, 4.69) is 10.4 Å². The molecule has 2 aliphatic heterocycles. The van der Waals surface area contributed by atoms with E-state index in [9.17, 15) is 32.7 Å². The van der Waals surface area contributed by atoms with Crippen molar-refractivity contribution in [3.8, 4) is 5.75 Å². The molecule has 0 unspecified atom stereocenters. The summed E-state index contributed by atoms with van der Waals surface area (Å²) in [5.41, 5.74) is -0.685. The number of nitrogens with zero attached hydrogens (tertiary/aromatic N) is 4. The van der Waals surface area contributed by atoms with Crippen molar-refractivity contribution < 1.29 is 27.9 Å². The first-order valence-corrected chi connectivity index (χ1v) is 10.3. The van der Waals surface area contributed by atoms with E-state index in [1.165, 1.54) is 15.7 Å². The largest absolute Gasteiger partial charge is 0.503 e. The second-order valence-corrected chi connectivity index (χ2v) is 8.29. The summed E-state index contributed by atoms with van der Waals surface area (Å²) in [7, 11) is 1.77. The molecule has 5 rings (SSSR count). The molecule has 0 fully saturated rings. The first kappa shape index (κ1) is 21.7. The highest BCUT2D eigenvalue weighted by atomic mass is 19.1. The first-order chi connectivity index (χ1) is 16.2. The normalized spacial score (nSPS) is 16.6. The van der Waals surface area contributed by atoms with E-state index < -0.39 is 64.2 Å². The van der Waals surface area contributed by atoms with Crippen LogP contribution in [0.15, 0.2) is 29.3 Å². The third kappa shape index (κ3) is 3.33. The van der Waals surface area contributed by atoms with Gasteiger partial charge in [0.25, 0.3) is 11.8 Å². The van der Waals surface area contributed by atoms with Crippen LogP contribution in [0.4, 0.5) is 13.2 Å². The number of nitrogens with one attached hydrogen (secondary N) is 1. The molecule has 3 aromatic rings. The number of aromatic hydroxyl groups is 1. The monoisotopic (exact) mass is 473 g/mol. The number of fused-ring (bicyclic) bond motifs is 5. The Morgan fingerprint density at radius 2 is 1.94 bits per heavy atom. The summed E-state index contributed by atoms with van der Waals surface area (Å²) in [6, 6.07) is 0.551. The minimum atomic E-state index is -1.20. The molecule has 2 amide bonds. The Bertz CT molecular complexity index is 1410. The van der Waals surface area contributed by atoms with E-state index in [0.717, 1.165) is 11.3 Å². The Hall–Kier alpha value is -4.09. The molecule has 4 heterocycles. The summed E-state index contributed by atoms with van der Waals surface area (Å²) in [6.45, 7) is -0.105. The SMILES string of the molecule is Cn1ncc2c1C[C@H]1CN(C2)C(=O)c2c(O)c(=O)c(C(=O)NCc3c(F)cc(F)cc3F)cn21. The molecular weight excluding hydrogens is 455 g/mol. The van der Waals surface area contributed by atoms with Crippen LogP contribution in [0, 0.1) is 17.5 Å². The molecule has 176 valence electrons. The van der Waals surface area contributed by atoms with Gasteiger partial charge in [0.05, 0.1) is 12.2 Å². The molecule has 9 nitrogen and oxygen atoms in total. The molecule has 0 radical (unpaired) electrons. The van der Waals surface area contributed by atoms with Gasteiger partial charge in [0.15, 0.2) is 11.4 Å². The number of pyridine rings is 1. The fourth-order valence-electron chi connectivity index (χ4n) is 4.49. The fourth-order valence-corrected chi connectivity index (χ4v) is 4.49. The van der Waals surface area contributed by atoms with Gasteiger partial charge in [-0.05, 0) is 0 Å². The van der Waals surface area contributed by atoms with E-state index in [1.807, 2.05) is 0 Å². The number of aromatic nitrogens is 3. The quantitative estimate of drug-likeness (QED) is 0.598. The second-order valence-electron chi connectivity index (χ2n) is 8.29. The Morgan fingerprint density at radius 3 is 2.65 bits per heavy atom. The number of halogens is 3. The molecule has 2 aromatic heterocycles. The highest BCUT2D eigenvalue weighted by molar-refractivity contribution is 5.99. The predicted molar refractivity (Wildman–Crippen MR) is 111 cm³/mol. The number of hydrogen-bond acceptors (Lipinski definition) is 5. The van der Waals surface area contributed by atoms with Crippen LogP contribution in [0.2, 0.25) is 0 Å². The zero-order chi connectivity index (χ0) is 24.3. The summed E-state index contributed by atoms with van der Waals surface area (Å²) < 4.78 is 44.0. The van der Waals surface area contributed by atoms with Crippen molar-refractivity contribution in [1.82, 2.24) is 24.6 Å². The zero-order valence-electron chi connectivity index (χ0n) is 17.8. The van der Waals surface area contributed by atoms with Crippen LogP contribution in [0.3, 0.4) is 0 Å². The Kier molecular flexibility index (Phi) is 4.95. The van der Waals surface area contributed by atoms with E-state index in [4.69, 9.17) is 0 Å². The maximum absolute atomic E-state index is 13.9. The Balaban J connectivity index is 1.51. The average Bonchev–Trinajstić information content (AvgIpc) is 3.01. The molecule has 0 spiro atoms. The topological polar surface area (TPSA) is 109 Å². The summed E-state index contributed by atoms with van der Waals surface area (Å²) in [6.07, 6.45) is 3.26. The maximum Gasteiger partial charge on any atom is 0.274 e. The summed E-state index contributed by atoms with van der Waals surface area (Å²) in [4.78, 5) is 40.0. The molecule has 2 N–H and O–H groups in total. The van der Waals surface area contributed by atoms with Gasteiger partial charge in [0.1, 0.15) is 23.0 Å². The van der Waals surface area contributed by atoms with Gasteiger partial charge in [-0.25, -0.2) is 13.2 Å². The maximum atomic E-state index is 13.9. The molecule has 0 saturated carbocycles. The minimum Gasteiger partial charge on any atom is -0.503 e. The minimum absolute atomic E-state index is 0.228. The standard InChI is InChI=1S/C22H18F3N5O4/c1-28-17-4-12-8-29(7-10(17)5-27-28)22(34)18-20(32)19(31)14(9-30(12)18)21(33)26-6-13-15(24)2-11(23)3-16(13)25/h2-3,5,9,12,32H,4,6-8H2,1H3,(H,26,33)/t12-/m0/s1. The van der Waals surface area contributed by atoms with Crippen molar-refractivity contribution in [2.45, 2.75) is 25.6 Å². The van der Waals surface area contributed by atoms with Crippen LogP contribution in [-0.4, -0.2) is 42.7 Å². The number of hydrogen-bond donors (Lipinski definition) is 2. The van der Waals surface area contributed by atoms with Gasteiger partial charge in [0, 0.05) is 68.3 Å². The number of benzene rings is 1. The molecule has 12 heteroatoms. The van der Waals surface area contributed by atoms with E-state index in [1.54, 1.807) is 17.9 Å². The van der Waals surface area contributed by atoms with E-state index >= 15 is 0 Å². The summed E-state index contributed by atoms with van der Waals surface area (Å²) >= 11 is 0. The Morgan fingerprint density at radius 1 is 1.24 bits per heavy atom. The predicted octanol–water partition coefficient (Wildman–Crippen LogP) is 1.39. The number of amides is 2. The molecular formula is C22H18F3N5O4. The van der Waals surface area contributed by atoms with Gasteiger partial charge in [-0.1, -0.05) is 0 Å². The van der Waals surface area contributed by atoms with Crippen molar-refractivity contribution in [1.29, 1.82) is 0 Å². The lowest BCUT2D eigenvalue weighted by molar-refractivity contribution is 0.0653. The van der Waals surface area contributed by atoms with E-state index in [0.29, 0.717) is 18.6 Å². The number of carbonyl (C=O) groups is 2. The lowest BCUT2D eigenvalue weighted by atomic mass is 10.0. The molecule has 2 aliphatic rings. The smallest absolute Gasteiger partial charge is 0.274 e. The van der Waals surface area contributed by atoms with Crippen molar-refractivity contribution in [2.75, 3.05) is 6.54 Å². The summed E-state index contributed by atoms with van der Waals surface area (Å²) in [5, 5.41) is 17.0. The number of carbonyl (C=O) groups excluding carboxylic acids is 2. The highest BCUT2D eigenvalue weighted by Gasteiger charge is 2.38. The van der Waals surface area contributed by atoms with Gasteiger partial charge < -0.3 is 19.9 Å². The van der Waals surface area contributed by atoms with Crippen molar-refractivity contribution in [3.63, 3.8) is 0 Å². The zero-order valence-corrected chi connectivity index (χ0v) is 17.8. The average molecular weight is 473 g/mol. The second kappa shape index (κ2) is 7.75. The Labute approximate surface area is 190 Å². The molecule has 2 bridgehead atoms. The van der Waals surface area contributed by atoms with Gasteiger partial charge >= 0.3 is 0 Å². The highest BCUT2D eigenvalue weighted by Crippen LogP contribution is 2.33. The number of rotatable bonds is 3. The fraction of sp³-hybridized carbons (Fsp3) is 0.273. The van der Waals surface area contributed by atoms with Crippen LogP contribution in [0.1, 0.15) is 43.7 Å². The first-order valence-electron chi connectivity index (χ1n) is 10.3. The van der Waals surface area contributed by atoms with Crippen LogP contribution in [0.5, 0.6) is 5.75 Å². The van der Waals surface area contributed by atoms with Gasteiger partial charge in [-0.15, -0.1) is 0 Å². The van der Waals surface area contributed by atoms with E-state index in [-0.39, 0.29) is 18.8 Å². The molecule has 0 saturated heterocycles.